The third-order valence-corrected chi connectivity index (χ3v) is 4.97. The number of ketones is 1. The number of unbranched alkanes of at least 4 members (excludes halogenated alkanes) is 12. The molecule has 0 aliphatic carbocycles. The molecule has 11 heteroatoms. The van der Waals surface area contributed by atoms with Gasteiger partial charge in [-0.2, -0.15) is 0 Å². The molecule has 0 aliphatic rings. The van der Waals surface area contributed by atoms with Gasteiger partial charge in [-0.15, -0.1) is 0 Å². The summed E-state index contributed by atoms with van der Waals surface area (Å²) in [5.41, 5.74) is -1.95. The van der Waals surface area contributed by atoms with E-state index in [1.807, 2.05) is 0 Å². The molecule has 0 heterocycles. The third-order valence-electron chi connectivity index (χ3n) is 4.97. The Morgan fingerprint density at radius 2 is 1.00 bits per heavy atom. The summed E-state index contributed by atoms with van der Waals surface area (Å²) in [6.07, 6.45) is 15.4. The van der Waals surface area contributed by atoms with E-state index in [-0.39, 0.29) is 19.6 Å². The molecule has 0 aromatic carbocycles. The topological polar surface area (TPSA) is 199 Å². The smallest absolute Gasteiger partial charge is 0.402 e. The van der Waals surface area contributed by atoms with Gasteiger partial charge in [0.2, 0.25) is 0 Å². The van der Waals surface area contributed by atoms with Crippen molar-refractivity contribution in [2.24, 2.45) is 0 Å². The normalized spacial score (nSPS) is 10.9. The summed E-state index contributed by atoms with van der Waals surface area (Å²) < 4.78 is 0. The molecule has 0 bridgehead atoms. The summed E-state index contributed by atoms with van der Waals surface area (Å²) in [4.78, 5) is 11.7. The Kier molecular flexibility index (Phi) is 30.9. The Labute approximate surface area is 199 Å². The lowest BCUT2D eigenvalue weighted by Crippen LogP contribution is -2.45. The van der Waals surface area contributed by atoms with Gasteiger partial charge in [0.25, 0.3) is 0 Å². The maximum absolute atomic E-state index is 11.7. The van der Waals surface area contributed by atoms with Crippen LogP contribution in [0.5, 0.6) is 0 Å². The summed E-state index contributed by atoms with van der Waals surface area (Å²) >= 11 is 0. The molecule has 0 atom stereocenters. The van der Waals surface area contributed by atoms with E-state index in [2.05, 4.69) is 6.92 Å². The summed E-state index contributed by atoms with van der Waals surface area (Å²) in [6, 6.07) is 0. The van der Waals surface area contributed by atoms with Crippen molar-refractivity contribution >= 4 is 13.1 Å². The molecular formula is C22H49BO10. The quantitative estimate of drug-likeness (QED) is 0.0890. The number of Topliss-reactive ketones (excluding diaryl/α,β-unsaturated/α-hetero) is 1. The third kappa shape index (κ3) is 29.3. The molecule has 0 fully saturated rings. The maximum atomic E-state index is 11.7. The van der Waals surface area contributed by atoms with Gasteiger partial charge in [0.1, 0.15) is 6.10 Å². The van der Waals surface area contributed by atoms with Gasteiger partial charge in [-0.1, -0.05) is 84.0 Å². The minimum absolute atomic E-state index is 0.232. The van der Waals surface area contributed by atoms with E-state index in [1.165, 1.54) is 64.2 Å². The summed E-state index contributed by atoms with van der Waals surface area (Å²) in [6.45, 7) is 0.101. The van der Waals surface area contributed by atoms with E-state index >= 15 is 0 Å². The van der Waals surface area contributed by atoms with Crippen LogP contribution < -0.4 is 0 Å². The van der Waals surface area contributed by atoms with Gasteiger partial charge in [-0.3, -0.25) is 4.79 Å². The predicted molar refractivity (Wildman–Crippen MR) is 127 cm³/mol. The van der Waals surface area contributed by atoms with Crippen molar-refractivity contribution in [3.63, 3.8) is 0 Å². The summed E-state index contributed by atoms with van der Waals surface area (Å²) in [5.74, 6) is -0.453. The van der Waals surface area contributed by atoms with E-state index in [0.717, 1.165) is 19.3 Å². The van der Waals surface area contributed by atoms with Crippen LogP contribution in [0, 0.1) is 0 Å². The number of carbonyl (C=O) groups excluding carboxylic acids is 1. The second-order valence-corrected chi connectivity index (χ2v) is 8.13. The first-order chi connectivity index (χ1) is 15.6. The van der Waals surface area contributed by atoms with Crippen molar-refractivity contribution in [1.29, 1.82) is 0 Å². The van der Waals surface area contributed by atoms with Crippen LogP contribution >= 0.6 is 0 Å². The highest BCUT2D eigenvalue weighted by atomic mass is 16.5. The van der Waals surface area contributed by atoms with E-state index in [9.17, 15) is 9.90 Å². The number of hydrogen-bond acceptors (Lipinski definition) is 10. The Balaban J connectivity index is -0.000000747. The van der Waals surface area contributed by atoms with Gasteiger partial charge in [0, 0.05) is 6.42 Å². The standard InChI is InChI=1S/C19H38O4.C3H8O3.BH3O3/c1-2-3-4-5-6-7-8-9-10-11-12-13-14-15-18(22)19(23,16-20)17-21;4-1-3(6)2-5;2-1(3)4/h20-21,23H,2-17H2,1H3;3-6H,1-2H2;2-4H. The lowest BCUT2D eigenvalue weighted by molar-refractivity contribution is -0.146. The van der Waals surface area contributed by atoms with E-state index in [4.69, 9.17) is 40.6 Å². The van der Waals surface area contributed by atoms with Crippen LogP contribution in [0.1, 0.15) is 96.8 Å². The van der Waals surface area contributed by atoms with Crippen molar-refractivity contribution in [3.8, 4) is 0 Å². The van der Waals surface area contributed by atoms with Crippen molar-refractivity contribution in [2.75, 3.05) is 26.4 Å². The molecule has 0 spiro atoms. The molecule has 0 amide bonds. The molecule has 0 unspecified atom stereocenters. The molecule has 0 saturated heterocycles. The number of aliphatic hydroxyl groups is 6. The van der Waals surface area contributed by atoms with Crippen LogP contribution in [-0.4, -0.2) is 96.9 Å². The van der Waals surface area contributed by atoms with Crippen LogP contribution in [0.3, 0.4) is 0 Å². The highest BCUT2D eigenvalue weighted by Gasteiger charge is 2.33. The molecular weight excluding hydrogens is 435 g/mol. The van der Waals surface area contributed by atoms with Crippen molar-refractivity contribution in [2.45, 2.75) is 109 Å². The molecule has 0 aliphatic heterocycles. The molecule has 0 aromatic heterocycles. The second-order valence-electron chi connectivity index (χ2n) is 8.13. The molecule has 9 N–H and O–H groups in total. The van der Waals surface area contributed by atoms with Gasteiger partial charge in [-0.25, -0.2) is 0 Å². The molecule has 200 valence electrons. The largest absolute Gasteiger partial charge is 0.631 e. The molecule has 0 aromatic rings. The van der Waals surface area contributed by atoms with E-state index in [0.29, 0.717) is 0 Å². The van der Waals surface area contributed by atoms with E-state index in [1.54, 1.807) is 0 Å². The van der Waals surface area contributed by atoms with Crippen molar-refractivity contribution in [3.05, 3.63) is 0 Å². The Morgan fingerprint density at radius 3 is 1.24 bits per heavy atom. The minimum atomic E-state index is -2.17. The van der Waals surface area contributed by atoms with Crippen LogP contribution in [-0.2, 0) is 4.79 Å². The SMILES string of the molecule is CCCCCCCCCCCCCCCC(=O)C(O)(CO)CO.OB(O)O.OCC(O)CO. The highest BCUT2D eigenvalue weighted by Crippen LogP contribution is 2.15. The zero-order valence-corrected chi connectivity index (χ0v) is 20.3. The minimum Gasteiger partial charge on any atom is -0.402 e. The number of hydrogen-bond donors (Lipinski definition) is 9. The lowest BCUT2D eigenvalue weighted by atomic mass is 9.95. The van der Waals surface area contributed by atoms with Crippen molar-refractivity contribution < 1.29 is 50.5 Å². The first kappa shape index (κ1) is 36.9. The fourth-order valence-electron chi connectivity index (χ4n) is 2.82. The van der Waals surface area contributed by atoms with Gasteiger partial charge in [0.15, 0.2) is 11.4 Å². The zero-order chi connectivity index (χ0) is 26.0. The number of aliphatic hydroxyl groups excluding tert-OH is 5. The zero-order valence-electron chi connectivity index (χ0n) is 20.3. The Bertz CT molecular complexity index is 389. The van der Waals surface area contributed by atoms with Crippen LogP contribution in [0.25, 0.3) is 0 Å². The average Bonchev–Trinajstić information content (AvgIpc) is 2.80. The summed E-state index contributed by atoms with van der Waals surface area (Å²) in [5, 5.41) is 73.0. The molecule has 33 heavy (non-hydrogen) atoms. The molecule has 0 radical (unpaired) electrons. The lowest BCUT2D eigenvalue weighted by Gasteiger charge is -2.21. The average molecular weight is 484 g/mol. The first-order valence-corrected chi connectivity index (χ1v) is 12.1. The van der Waals surface area contributed by atoms with E-state index < -0.39 is 38.0 Å². The summed E-state index contributed by atoms with van der Waals surface area (Å²) in [7, 11) is -2.17. The highest BCUT2D eigenvalue weighted by molar-refractivity contribution is 6.30. The second kappa shape index (κ2) is 27.6. The van der Waals surface area contributed by atoms with Gasteiger partial charge >= 0.3 is 7.32 Å². The van der Waals surface area contributed by atoms with Gasteiger partial charge < -0.3 is 45.7 Å². The molecule has 10 nitrogen and oxygen atoms in total. The monoisotopic (exact) mass is 484 g/mol. The first-order valence-electron chi connectivity index (χ1n) is 12.1. The Morgan fingerprint density at radius 1 is 0.697 bits per heavy atom. The fraction of sp³-hybridized carbons (Fsp3) is 0.955. The molecule has 0 rings (SSSR count). The predicted octanol–water partition coefficient (Wildman–Crippen LogP) is 0.0326. The maximum Gasteiger partial charge on any atom is 0.631 e. The van der Waals surface area contributed by atoms with Gasteiger partial charge in [0.05, 0.1) is 26.4 Å². The van der Waals surface area contributed by atoms with Gasteiger partial charge in [-0.05, 0) is 6.42 Å². The van der Waals surface area contributed by atoms with Crippen LogP contribution in [0.4, 0.5) is 0 Å². The number of carbonyl (C=O) groups is 1. The number of rotatable bonds is 19. The molecule has 0 saturated carbocycles. The van der Waals surface area contributed by atoms with Crippen LogP contribution in [0.15, 0.2) is 0 Å². The van der Waals surface area contributed by atoms with Crippen LogP contribution in [0.2, 0.25) is 0 Å². The van der Waals surface area contributed by atoms with Crippen molar-refractivity contribution in [1.82, 2.24) is 0 Å². The fourth-order valence-corrected chi connectivity index (χ4v) is 2.82. The Hall–Kier alpha value is -0.625.